The number of benzene rings is 1. The molecule has 5 nitrogen and oxygen atoms in total. The quantitative estimate of drug-likeness (QED) is 0.847. The zero-order chi connectivity index (χ0) is 14.0. The normalized spacial score (nSPS) is 18.6. The molecule has 0 radical (unpaired) electrons. The molecular weight excluding hydrogens is 264 g/mol. The first-order valence-corrected chi connectivity index (χ1v) is 8.20. The third-order valence-electron chi connectivity index (χ3n) is 2.99. The van der Waals surface area contributed by atoms with Crippen LogP contribution in [0.25, 0.3) is 0 Å². The monoisotopic (exact) mass is 284 g/mol. The summed E-state index contributed by atoms with van der Waals surface area (Å²) < 4.78 is 28.5. The summed E-state index contributed by atoms with van der Waals surface area (Å²) in [4.78, 5) is 2.03. The maximum Gasteiger partial charge on any atom is 0.153 e. The summed E-state index contributed by atoms with van der Waals surface area (Å²) in [7, 11) is -2.87. The first kappa shape index (κ1) is 14.0. The first-order valence-electron chi connectivity index (χ1n) is 6.38. The van der Waals surface area contributed by atoms with Crippen molar-refractivity contribution in [2.24, 2.45) is 0 Å². The Balaban J connectivity index is 2.18. The van der Waals surface area contributed by atoms with Crippen LogP contribution in [-0.4, -0.2) is 39.1 Å². The molecule has 1 fully saturated rings. The van der Waals surface area contributed by atoms with Gasteiger partial charge in [0, 0.05) is 36.6 Å². The molecule has 0 atom stereocenters. The number of ether oxygens (including phenoxy) is 1. The summed E-state index contributed by atoms with van der Waals surface area (Å²) in [6.45, 7) is 4.92. The third kappa shape index (κ3) is 3.76. The van der Waals surface area contributed by atoms with Crippen LogP contribution in [0.15, 0.2) is 18.2 Å². The molecule has 1 aromatic rings. The summed E-state index contributed by atoms with van der Waals surface area (Å²) in [6.07, 6.45) is 0.0800. The van der Waals surface area contributed by atoms with E-state index in [0.717, 1.165) is 11.4 Å². The maximum absolute atomic E-state index is 11.4. The van der Waals surface area contributed by atoms with E-state index in [0.29, 0.717) is 18.8 Å². The minimum atomic E-state index is -2.87. The maximum atomic E-state index is 11.4. The molecule has 19 heavy (non-hydrogen) atoms. The zero-order valence-corrected chi connectivity index (χ0v) is 12.1. The molecule has 1 aromatic carbocycles. The van der Waals surface area contributed by atoms with Crippen molar-refractivity contribution in [3.63, 3.8) is 0 Å². The average molecular weight is 284 g/mol. The number of rotatable bonds is 3. The third-order valence-corrected chi connectivity index (χ3v) is 4.60. The van der Waals surface area contributed by atoms with Crippen molar-refractivity contribution >= 4 is 21.2 Å². The summed E-state index contributed by atoms with van der Waals surface area (Å²) in [5.74, 6) is 1.11. The number of nitrogen functional groups attached to an aromatic ring is 1. The van der Waals surface area contributed by atoms with Gasteiger partial charge >= 0.3 is 0 Å². The number of hydrogen-bond donors (Lipinski definition) is 1. The van der Waals surface area contributed by atoms with Crippen LogP contribution in [0, 0.1) is 0 Å². The second kappa shape index (κ2) is 5.28. The van der Waals surface area contributed by atoms with Gasteiger partial charge in [-0.05, 0) is 19.9 Å². The fourth-order valence-corrected chi connectivity index (χ4v) is 3.30. The van der Waals surface area contributed by atoms with Crippen LogP contribution in [0.1, 0.15) is 13.8 Å². The Labute approximate surface area is 114 Å². The van der Waals surface area contributed by atoms with Crippen molar-refractivity contribution in [3.05, 3.63) is 18.2 Å². The number of sulfone groups is 1. The van der Waals surface area contributed by atoms with Gasteiger partial charge in [0.2, 0.25) is 0 Å². The van der Waals surface area contributed by atoms with E-state index in [2.05, 4.69) is 0 Å². The van der Waals surface area contributed by atoms with Gasteiger partial charge < -0.3 is 15.4 Å². The summed E-state index contributed by atoms with van der Waals surface area (Å²) in [5, 5.41) is 0. The first-order chi connectivity index (χ1) is 8.85. The van der Waals surface area contributed by atoms with Crippen molar-refractivity contribution in [3.8, 4) is 5.75 Å². The van der Waals surface area contributed by atoms with Gasteiger partial charge in [0.25, 0.3) is 0 Å². The molecule has 1 saturated heterocycles. The molecule has 0 bridgehead atoms. The molecular formula is C13H20N2O3S. The van der Waals surface area contributed by atoms with E-state index >= 15 is 0 Å². The summed E-state index contributed by atoms with van der Waals surface area (Å²) >= 11 is 0. The SMILES string of the molecule is CC(C)Oc1cc(N)cc(N2CCS(=O)(=O)CC2)c1. The standard InChI is InChI=1S/C13H20N2O3S/c1-10(2)18-13-8-11(14)7-12(9-13)15-3-5-19(16,17)6-4-15/h7-10H,3-6,14H2,1-2H3. The van der Waals surface area contributed by atoms with Gasteiger partial charge in [0.15, 0.2) is 9.84 Å². The molecule has 0 unspecified atom stereocenters. The molecule has 2 rings (SSSR count). The van der Waals surface area contributed by atoms with Crippen molar-refractivity contribution in [2.75, 3.05) is 35.2 Å². The second-order valence-corrected chi connectivity index (χ2v) is 7.37. The number of nitrogens with two attached hydrogens (primary N) is 1. The van der Waals surface area contributed by atoms with E-state index in [9.17, 15) is 8.42 Å². The van der Waals surface area contributed by atoms with Crippen LogP contribution in [0.4, 0.5) is 11.4 Å². The molecule has 2 N–H and O–H groups in total. The highest BCUT2D eigenvalue weighted by Crippen LogP contribution is 2.27. The van der Waals surface area contributed by atoms with Gasteiger partial charge in [0.05, 0.1) is 17.6 Å². The predicted molar refractivity (Wildman–Crippen MR) is 77.5 cm³/mol. The van der Waals surface area contributed by atoms with Crippen LogP contribution in [0.5, 0.6) is 5.75 Å². The molecule has 1 aliphatic heterocycles. The highest BCUT2D eigenvalue weighted by atomic mass is 32.2. The fourth-order valence-electron chi connectivity index (χ4n) is 2.10. The minimum Gasteiger partial charge on any atom is -0.491 e. The molecule has 106 valence electrons. The van der Waals surface area contributed by atoms with E-state index in [4.69, 9.17) is 10.5 Å². The van der Waals surface area contributed by atoms with E-state index < -0.39 is 9.84 Å². The highest BCUT2D eigenvalue weighted by molar-refractivity contribution is 7.91. The van der Waals surface area contributed by atoms with Gasteiger partial charge in [-0.1, -0.05) is 0 Å². The lowest BCUT2D eigenvalue weighted by Crippen LogP contribution is -2.40. The lowest BCUT2D eigenvalue weighted by atomic mass is 10.2. The molecule has 6 heteroatoms. The van der Waals surface area contributed by atoms with Crippen molar-refractivity contribution in [1.82, 2.24) is 0 Å². The average Bonchev–Trinajstić information content (AvgIpc) is 2.26. The van der Waals surface area contributed by atoms with Gasteiger partial charge in [-0.25, -0.2) is 8.42 Å². The Morgan fingerprint density at radius 3 is 2.42 bits per heavy atom. The van der Waals surface area contributed by atoms with Crippen LogP contribution in [0.3, 0.4) is 0 Å². The van der Waals surface area contributed by atoms with Crippen LogP contribution < -0.4 is 15.4 Å². The molecule has 0 saturated carbocycles. The van der Waals surface area contributed by atoms with E-state index in [1.165, 1.54) is 0 Å². The lowest BCUT2D eigenvalue weighted by molar-refractivity contribution is 0.242. The van der Waals surface area contributed by atoms with Crippen molar-refractivity contribution in [2.45, 2.75) is 20.0 Å². The molecule has 0 aliphatic carbocycles. The Hall–Kier alpha value is -1.43. The van der Waals surface area contributed by atoms with Gasteiger partial charge in [-0.2, -0.15) is 0 Å². The Morgan fingerprint density at radius 2 is 1.84 bits per heavy atom. The fraction of sp³-hybridized carbons (Fsp3) is 0.538. The Bertz CT molecular complexity index is 541. The largest absolute Gasteiger partial charge is 0.491 e. The predicted octanol–water partition coefficient (Wildman–Crippen LogP) is 1.29. The topological polar surface area (TPSA) is 72.6 Å². The van der Waals surface area contributed by atoms with Gasteiger partial charge in [-0.15, -0.1) is 0 Å². The van der Waals surface area contributed by atoms with Crippen LogP contribution >= 0.6 is 0 Å². The zero-order valence-electron chi connectivity index (χ0n) is 11.3. The molecule has 1 heterocycles. The highest BCUT2D eigenvalue weighted by Gasteiger charge is 2.22. The van der Waals surface area contributed by atoms with E-state index in [-0.39, 0.29) is 17.6 Å². The molecule has 0 spiro atoms. The number of anilines is 2. The number of nitrogens with zero attached hydrogens (tertiary/aromatic N) is 1. The smallest absolute Gasteiger partial charge is 0.153 e. The summed E-state index contributed by atoms with van der Waals surface area (Å²) in [5.41, 5.74) is 7.42. The molecule has 0 aromatic heterocycles. The molecule has 1 aliphatic rings. The minimum absolute atomic E-state index is 0.0800. The Morgan fingerprint density at radius 1 is 1.21 bits per heavy atom. The van der Waals surface area contributed by atoms with Crippen molar-refractivity contribution < 1.29 is 13.2 Å². The van der Waals surface area contributed by atoms with Gasteiger partial charge in [-0.3, -0.25) is 0 Å². The molecule has 0 amide bonds. The number of hydrogen-bond acceptors (Lipinski definition) is 5. The second-order valence-electron chi connectivity index (χ2n) is 5.07. The van der Waals surface area contributed by atoms with E-state index in [1.54, 1.807) is 6.07 Å². The van der Waals surface area contributed by atoms with Crippen LogP contribution in [0.2, 0.25) is 0 Å². The van der Waals surface area contributed by atoms with Crippen molar-refractivity contribution in [1.29, 1.82) is 0 Å². The summed E-state index contributed by atoms with van der Waals surface area (Å²) in [6, 6.07) is 5.55. The van der Waals surface area contributed by atoms with Gasteiger partial charge in [0.1, 0.15) is 5.75 Å². The van der Waals surface area contributed by atoms with E-state index in [1.807, 2.05) is 30.9 Å². The van der Waals surface area contributed by atoms with Crippen LogP contribution in [-0.2, 0) is 9.84 Å². The Kier molecular flexibility index (Phi) is 3.89. The lowest BCUT2D eigenvalue weighted by Gasteiger charge is -2.29.